The van der Waals surface area contributed by atoms with E-state index in [1.165, 1.54) is 0 Å². The van der Waals surface area contributed by atoms with E-state index in [1.54, 1.807) is 6.08 Å². The Hall–Kier alpha value is -1.64. The lowest BCUT2D eigenvalue weighted by molar-refractivity contribution is 0.190. The van der Waals surface area contributed by atoms with Crippen LogP contribution in [0.4, 0.5) is 0 Å². The van der Waals surface area contributed by atoms with Gasteiger partial charge >= 0.3 is 0 Å². The van der Waals surface area contributed by atoms with Gasteiger partial charge in [-0.25, -0.2) is 0 Å². The van der Waals surface area contributed by atoms with Gasteiger partial charge in [-0.15, -0.1) is 0 Å². The predicted octanol–water partition coefficient (Wildman–Crippen LogP) is 5.82. The average molecular weight is 345 g/mol. The van der Waals surface area contributed by atoms with Crippen molar-refractivity contribution in [3.05, 3.63) is 72.9 Å². The Balaban J connectivity index is 3.57. The first-order valence-corrected chi connectivity index (χ1v) is 9.51. The third-order valence-corrected chi connectivity index (χ3v) is 3.45. The van der Waals surface area contributed by atoms with Crippen molar-refractivity contribution in [3.8, 4) is 0 Å². The molecule has 0 aromatic carbocycles. The van der Waals surface area contributed by atoms with E-state index in [0.717, 1.165) is 38.5 Å². The minimum absolute atomic E-state index is 0.139. The normalized spacial score (nSPS) is 14.5. The van der Waals surface area contributed by atoms with Crippen molar-refractivity contribution < 1.29 is 10.2 Å². The van der Waals surface area contributed by atoms with Gasteiger partial charge in [0.1, 0.15) is 0 Å². The fourth-order valence-electron chi connectivity index (χ4n) is 2.06. The summed E-state index contributed by atoms with van der Waals surface area (Å²) in [6.07, 6.45) is 32.3. The summed E-state index contributed by atoms with van der Waals surface area (Å²) in [5, 5.41) is 18.2. The fourth-order valence-corrected chi connectivity index (χ4v) is 2.06. The molecule has 2 N–H and O–H groups in total. The van der Waals surface area contributed by atoms with Crippen LogP contribution in [0.2, 0.25) is 0 Å². The monoisotopic (exact) mass is 344 g/mol. The molecule has 140 valence electrons. The first kappa shape index (κ1) is 23.4. The third kappa shape index (κ3) is 20.3. The lowest BCUT2D eigenvalue weighted by Gasteiger charge is -2.01. The molecule has 2 heteroatoms. The molecule has 1 unspecified atom stereocenters. The fraction of sp³-hybridized carbons (Fsp3) is 0.478. The third-order valence-electron chi connectivity index (χ3n) is 3.45. The van der Waals surface area contributed by atoms with Crippen LogP contribution in [0.25, 0.3) is 0 Å². The van der Waals surface area contributed by atoms with E-state index < -0.39 is 6.10 Å². The van der Waals surface area contributed by atoms with Crippen molar-refractivity contribution in [2.75, 3.05) is 6.61 Å². The quantitative estimate of drug-likeness (QED) is 0.368. The molecular formula is C23H36O2. The molecular weight excluding hydrogens is 308 g/mol. The number of hydrogen-bond acceptors (Lipinski definition) is 2. The summed E-state index contributed by atoms with van der Waals surface area (Å²) in [5.41, 5.74) is 0. The highest BCUT2D eigenvalue weighted by Crippen LogP contribution is 2.00. The summed E-state index contributed by atoms with van der Waals surface area (Å²) < 4.78 is 0. The van der Waals surface area contributed by atoms with E-state index in [4.69, 9.17) is 5.11 Å². The molecule has 0 radical (unpaired) electrons. The lowest BCUT2D eigenvalue weighted by atomic mass is 10.2. The molecule has 0 aliphatic heterocycles. The maximum Gasteiger partial charge on any atom is 0.0721 e. The molecule has 0 aliphatic carbocycles. The van der Waals surface area contributed by atoms with Gasteiger partial charge in [0.25, 0.3) is 0 Å². The van der Waals surface area contributed by atoms with Crippen molar-refractivity contribution in [1.82, 2.24) is 0 Å². The second kappa shape index (κ2) is 20.4. The highest BCUT2D eigenvalue weighted by Gasteiger charge is 1.95. The largest absolute Gasteiger partial charge is 0.396 e. The van der Waals surface area contributed by atoms with Gasteiger partial charge < -0.3 is 10.2 Å². The Morgan fingerprint density at radius 1 is 0.640 bits per heavy atom. The average Bonchev–Trinajstić information content (AvgIpc) is 2.62. The maximum absolute atomic E-state index is 9.56. The molecule has 0 amide bonds. The van der Waals surface area contributed by atoms with Crippen LogP contribution in [-0.2, 0) is 0 Å². The number of rotatable bonds is 15. The van der Waals surface area contributed by atoms with E-state index in [1.807, 2.05) is 6.08 Å². The molecule has 0 saturated carbocycles. The Morgan fingerprint density at radius 2 is 1.04 bits per heavy atom. The van der Waals surface area contributed by atoms with E-state index in [0.29, 0.717) is 12.8 Å². The summed E-state index contributed by atoms with van der Waals surface area (Å²) in [6, 6.07) is 0. The van der Waals surface area contributed by atoms with Crippen molar-refractivity contribution in [2.24, 2.45) is 0 Å². The topological polar surface area (TPSA) is 40.5 Å². The zero-order valence-corrected chi connectivity index (χ0v) is 15.8. The SMILES string of the molecule is CC/C=C\C/C=C\C/C=C\C/C=C\C/C=C\C/C=C\C(O)CCCO. The molecule has 0 aromatic heterocycles. The Bertz CT molecular complexity index is 439. The molecule has 0 rings (SSSR count). The number of aliphatic hydroxyl groups excluding tert-OH is 2. The smallest absolute Gasteiger partial charge is 0.0721 e. The molecule has 0 heterocycles. The van der Waals surface area contributed by atoms with Crippen molar-refractivity contribution in [1.29, 1.82) is 0 Å². The minimum Gasteiger partial charge on any atom is -0.396 e. The van der Waals surface area contributed by atoms with Gasteiger partial charge in [-0.1, -0.05) is 79.8 Å². The van der Waals surface area contributed by atoms with Crippen LogP contribution in [0, 0.1) is 0 Å². The predicted molar refractivity (Wildman–Crippen MR) is 111 cm³/mol. The van der Waals surface area contributed by atoms with Crippen molar-refractivity contribution >= 4 is 0 Å². The van der Waals surface area contributed by atoms with E-state index in [-0.39, 0.29) is 6.61 Å². The van der Waals surface area contributed by atoms with Crippen LogP contribution < -0.4 is 0 Å². The Labute approximate surface area is 154 Å². The van der Waals surface area contributed by atoms with Gasteiger partial charge in [-0.3, -0.25) is 0 Å². The summed E-state index contributed by atoms with van der Waals surface area (Å²) in [4.78, 5) is 0. The standard InChI is InChI=1S/C23H36O2/c1-2-3-4-5-6-7-8-9-10-11-12-13-14-15-16-17-18-20-23(25)21-19-22-24/h3-4,6-7,9-10,12-13,15-16,18,20,23-25H,2,5,8,11,14,17,19,21-22H2,1H3/b4-3-,7-6-,10-9-,13-12-,16-15-,20-18-. The summed E-state index contributed by atoms with van der Waals surface area (Å²) in [7, 11) is 0. The summed E-state index contributed by atoms with van der Waals surface area (Å²) >= 11 is 0. The second-order valence-corrected chi connectivity index (χ2v) is 5.81. The summed E-state index contributed by atoms with van der Waals surface area (Å²) in [6.45, 7) is 2.29. The van der Waals surface area contributed by atoms with Crippen LogP contribution in [-0.4, -0.2) is 22.9 Å². The zero-order valence-electron chi connectivity index (χ0n) is 15.8. The van der Waals surface area contributed by atoms with Gasteiger partial charge in [0.2, 0.25) is 0 Å². The number of allylic oxidation sites excluding steroid dienone is 11. The molecule has 0 aliphatic rings. The molecule has 25 heavy (non-hydrogen) atoms. The number of hydrogen-bond donors (Lipinski definition) is 2. The van der Waals surface area contributed by atoms with Gasteiger partial charge in [-0.2, -0.15) is 0 Å². The van der Waals surface area contributed by atoms with Crippen LogP contribution in [0.3, 0.4) is 0 Å². The van der Waals surface area contributed by atoms with Crippen LogP contribution in [0.1, 0.15) is 58.3 Å². The minimum atomic E-state index is -0.435. The van der Waals surface area contributed by atoms with E-state index >= 15 is 0 Å². The highest BCUT2D eigenvalue weighted by molar-refractivity contribution is 5.02. The maximum atomic E-state index is 9.56. The molecule has 1 atom stereocenters. The van der Waals surface area contributed by atoms with Crippen LogP contribution >= 0.6 is 0 Å². The van der Waals surface area contributed by atoms with Gasteiger partial charge in [0, 0.05) is 6.61 Å². The molecule has 0 fully saturated rings. The molecule has 2 nitrogen and oxygen atoms in total. The van der Waals surface area contributed by atoms with Crippen LogP contribution in [0.5, 0.6) is 0 Å². The first-order valence-electron chi connectivity index (χ1n) is 9.51. The first-order chi connectivity index (χ1) is 12.3. The highest BCUT2D eigenvalue weighted by atomic mass is 16.3. The van der Waals surface area contributed by atoms with E-state index in [9.17, 15) is 5.11 Å². The van der Waals surface area contributed by atoms with Crippen LogP contribution in [0.15, 0.2) is 72.9 Å². The molecule has 0 saturated heterocycles. The Morgan fingerprint density at radius 3 is 1.44 bits per heavy atom. The van der Waals surface area contributed by atoms with E-state index in [2.05, 4.69) is 67.7 Å². The Kier molecular flexibility index (Phi) is 19.1. The molecule has 0 aromatic rings. The molecule has 0 spiro atoms. The lowest BCUT2D eigenvalue weighted by Crippen LogP contribution is -2.02. The number of aliphatic hydroxyl groups is 2. The second-order valence-electron chi connectivity index (χ2n) is 5.81. The zero-order chi connectivity index (χ0) is 18.4. The summed E-state index contributed by atoms with van der Waals surface area (Å²) in [5.74, 6) is 0. The van der Waals surface area contributed by atoms with Gasteiger partial charge in [-0.05, 0) is 51.4 Å². The van der Waals surface area contributed by atoms with Crippen molar-refractivity contribution in [2.45, 2.75) is 64.4 Å². The van der Waals surface area contributed by atoms with Gasteiger partial charge in [0.05, 0.1) is 6.10 Å². The van der Waals surface area contributed by atoms with Crippen molar-refractivity contribution in [3.63, 3.8) is 0 Å². The molecule has 0 bridgehead atoms. The van der Waals surface area contributed by atoms with Gasteiger partial charge in [0.15, 0.2) is 0 Å².